The summed E-state index contributed by atoms with van der Waals surface area (Å²) in [4.78, 5) is 49.4. The van der Waals surface area contributed by atoms with E-state index >= 15 is 0 Å². The maximum atomic E-state index is 12.6. The van der Waals surface area contributed by atoms with E-state index in [9.17, 15) is 28.0 Å². The number of esters is 1. The second-order valence-corrected chi connectivity index (χ2v) is 7.73. The van der Waals surface area contributed by atoms with Crippen molar-refractivity contribution in [2.45, 2.75) is 41.9 Å². The van der Waals surface area contributed by atoms with E-state index in [0.29, 0.717) is 12.8 Å². The number of carbonyl (C=O) groups excluding carboxylic acids is 4. The van der Waals surface area contributed by atoms with Crippen molar-refractivity contribution in [3.05, 3.63) is 24.3 Å². The highest BCUT2D eigenvalue weighted by atomic mass is 32.2. The number of imide groups is 1. The smallest absolute Gasteiger partial charge is 0.326 e. The molecule has 0 bridgehead atoms. The van der Waals surface area contributed by atoms with Crippen molar-refractivity contribution in [2.24, 2.45) is 0 Å². The zero-order valence-corrected chi connectivity index (χ0v) is 16.1. The van der Waals surface area contributed by atoms with Crippen LogP contribution in [0.4, 0.5) is 19.3 Å². The fourth-order valence-corrected chi connectivity index (χ4v) is 4.01. The molecule has 3 rings (SSSR count). The lowest BCUT2D eigenvalue weighted by Gasteiger charge is -2.19. The van der Waals surface area contributed by atoms with Crippen molar-refractivity contribution >= 4 is 41.3 Å². The highest BCUT2D eigenvalue weighted by molar-refractivity contribution is 7.99. The molecular formula is C18H19F2N3O5S. The SMILES string of the molecule is O=C(COC(=O)CN1C(=O)NC2(CCCC2)C1=O)Nc1ccccc1SC(F)F. The Hall–Kier alpha value is -2.69. The Morgan fingerprint density at radius 1 is 1.24 bits per heavy atom. The van der Waals surface area contributed by atoms with Crippen LogP contribution in [0.15, 0.2) is 29.2 Å². The van der Waals surface area contributed by atoms with E-state index in [0.717, 1.165) is 17.7 Å². The van der Waals surface area contributed by atoms with Gasteiger partial charge in [-0.25, -0.2) is 4.79 Å². The Labute approximate surface area is 169 Å². The van der Waals surface area contributed by atoms with Gasteiger partial charge in [-0.15, -0.1) is 0 Å². The summed E-state index contributed by atoms with van der Waals surface area (Å²) in [6.07, 6.45) is 2.69. The van der Waals surface area contributed by atoms with Crippen molar-refractivity contribution in [3.8, 4) is 0 Å². The van der Waals surface area contributed by atoms with Crippen LogP contribution in [-0.4, -0.2) is 53.2 Å². The molecule has 1 saturated heterocycles. The molecule has 1 aliphatic carbocycles. The molecule has 4 amide bonds. The summed E-state index contributed by atoms with van der Waals surface area (Å²) in [6, 6.07) is 5.33. The van der Waals surface area contributed by atoms with Crippen LogP contribution >= 0.6 is 11.8 Å². The number of nitrogens with one attached hydrogen (secondary N) is 2. The number of rotatable bonds is 7. The van der Waals surface area contributed by atoms with Crippen molar-refractivity contribution < 1.29 is 32.7 Å². The third-order valence-electron chi connectivity index (χ3n) is 4.73. The van der Waals surface area contributed by atoms with Gasteiger partial charge in [0, 0.05) is 4.90 Å². The lowest BCUT2D eigenvalue weighted by Crippen LogP contribution is -2.44. The van der Waals surface area contributed by atoms with Crippen LogP contribution < -0.4 is 10.6 Å². The zero-order valence-electron chi connectivity index (χ0n) is 15.3. The minimum atomic E-state index is -2.65. The summed E-state index contributed by atoms with van der Waals surface area (Å²) in [7, 11) is 0. The molecule has 1 aromatic carbocycles. The van der Waals surface area contributed by atoms with Crippen LogP contribution in [0.3, 0.4) is 0 Å². The van der Waals surface area contributed by atoms with Crippen LogP contribution in [0.5, 0.6) is 0 Å². The topological polar surface area (TPSA) is 105 Å². The molecule has 1 aromatic rings. The van der Waals surface area contributed by atoms with Crippen molar-refractivity contribution in [1.29, 1.82) is 0 Å². The van der Waals surface area contributed by atoms with Gasteiger partial charge in [0.15, 0.2) is 6.61 Å². The van der Waals surface area contributed by atoms with Crippen molar-refractivity contribution in [2.75, 3.05) is 18.5 Å². The van der Waals surface area contributed by atoms with Crippen LogP contribution in [-0.2, 0) is 19.1 Å². The fourth-order valence-electron chi connectivity index (χ4n) is 3.41. The first kappa shape index (κ1) is 21.0. The molecule has 11 heteroatoms. The number of anilines is 1. The molecular weight excluding hydrogens is 408 g/mol. The van der Waals surface area contributed by atoms with E-state index in [-0.39, 0.29) is 22.3 Å². The highest BCUT2D eigenvalue weighted by Gasteiger charge is 2.52. The molecule has 1 aliphatic heterocycles. The van der Waals surface area contributed by atoms with E-state index in [4.69, 9.17) is 4.74 Å². The van der Waals surface area contributed by atoms with Gasteiger partial charge in [-0.1, -0.05) is 36.7 Å². The van der Waals surface area contributed by atoms with Gasteiger partial charge in [0.05, 0.1) is 5.69 Å². The normalized spacial score (nSPS) is 17.7. The molecule has 2 fully saturated rings. The van der Waals surface area contributed by atoms with E-state index in [1.165, 1.54) is 12.1 Å². The lowest BCUT2D eigenvalue weighted by molar-refractivity contribution is -0.150. The molecule has 0 unspecified atom stereocenters. The molecule has 29 heavy (non-hydrogen) atoms. The molecule has 156 valence electrons. The largest absolute Gasteiger partial charge is 0.454 e. The fraction of sp³-hybridized carbons (Fsp3) is 0.444. The summed E-state index contributed by atoms with van der Waals surface area (Å²) < 4.78 is 30.0. The highest BCUT2D eigenvalue weighted by Crippen LogP contribution is 2.35. The van der Waals surface area contributed by atoms with Crippen LogP contribution in [0.2, 0.25) is 0 Å². The number of benzene rings is 1. The van der Waals surface area contributed by atoms with E-state index in [1.807, 2.05) is 0 Å². The molecule has 8 nitrogen and oxygen atoms in total. The Morgan fingerprint density at radius 3 is 2.62 bits per heavy atom. The molecule has 1 saturated carbocycles. The number of urea groups is 1. The number of thioether (sulfide) groups is 1. The number of carbonyl (C=O) groups is 4. The summed E-state index contributed by atoms with van der Waals surface area (Å²) in [5, 5.41) is 5.03. The van der Waals surface area contributed by atoms with E-state index < -0.39 is 48.3 Å². The molecule has 0 atom stereocenters. The van der Waals surface area contributed by atoms with Gasteiger partial charge < -0.3 is 15.4 Å². The Kier molecular flexibility index (Phi) is 6.36. The monoisotopic (exact) mass is 427 g/mol. The van der Waals surface area contributed by atoms with Gasteiger partial charge in [0.2, 0.25) is 0 Å². The van der Waals surface area contributed by atoms with Gasteiger partial charge in [-0.3, -0.25) is 19.3 Å². The van der Waals surface area contributed by atoms with Gasteiger partial charge >= 0.3 is 12.0 Å². The van der Waals surface area contributed by atoms with Crippen LogP contribution in [0.25, 0.3) is 0 Å². The Morgan fingerprint density at radius 2 is 1.93 bits per heavy atom. The Balaban J connectivity index is 1.50. The number of para-hydroxylation sites is 1. The standard InChI is InChI=1S/C18H19F2N3O5S/c19-16(20)29-12-6-2-1-5-11(12)21-13(24)10-28-14(25)9-23-15(26)18(22-17(23)27)7-3-4-8-18/h1-2,5-6,16H,3-4,7-10H2,(H,21,24)(H,22,27). The second-order valence-electron chi connectivity index (χ2n) is 6.69. The third kappa shape index (κ3) is 4.84. The van der Waals surface area contributed by atoms with Crippen LogP contribution in [0.1, 0.15) is 25.7 Å². The number of halogens is 2. The summed E-state index contributed by atoms with van der Waals surface area (Å²) in [5.41, 5.74) is -0.767. The summed E-state index contributed by atoms with van der Waals surface area (Å²) in [5.74, 6) is -4.77. The number of hydrogen-bond donors (Lipinski definition) is 2. The lowest BCUT2D eigenvalue weighted by atomic mass is 9.98. The molecule has 0 aromatic heterocycles. The van der Waals surface area contributed by atoms with Crippen molar-refractivity contribution in [1.82, 2.24) is 10.2 Å². The number of amides is 4. The van der Waals surface area contributed by atoms with Gasteiger partial charge in [0.1, 0.15) is 12.1 Å². The number of ether oxygens (including phenoxy) is 1. The first-order valence-corrected chi connectivity index (χ1v) is 9.82. The molecule has 1 heterocycles. The number of alkyl halides is 2. The summed E-state index contributed by atoms with van der Waals surface area (Å²) >= 11 is 0.278. The predicted octanol–water partition coefficient (Wildman–Crippen LogP) is 2.35. The number of nitrogens with zero attached hydrogens (tertiary/aromatic N) is 1. The molecule has 1 spiro atoms. The van der Waals surface area contributed by atoms with Crippen LogP contribution in [0, 0.1) is 0 Å². The summed E-state index contributed by atoms with van der Waals surface area (Å²) in [6.45, 7) is -1.28. The first-order valence-electron chi connectivity index (χ1n) is 8.94. The van der Waals surface area contributed by atoms with Gasteiger partial charge in [-0.2, -0.15) is 8.78 Å². The third-order valence-corrected chi connectivity index (χ3v) is 5.52. The average molecular weight is 427 g/mol. The van der Waals surface area contributed by atoms with Gasteiger partial charge in [0.25, 0.3) is 17.6 Å². The minimum absolute atomic E-state index is 0.163. The molecule has 2 N–H and O–H groups in total. The zero-order chi connectivity index (χ0) is 21.0. The van der Waals surface area contributed by atoms with Crippen molar-refractivity contribution in [3.63, 3.8) is 0 Å². The predicted molar refractivity (Wildman–Crippen MR) is 99.3 cm³/mol. The Bertz CT molecular complexity index is 829. The number of hydrogen-bond acceptors (Lipinski definition) is 6. The minimum Gasteiger partial charge on any atom is -0.454 e. The molecule has 2 aliphatic rings. The van der Waals surface area contributed by atoms with Gasteiger partial charge in [-0.05, 0) is 25.0 Å². The maximum Gasteiger partial charge on any atom is 0.326 e. The average Bonchev–Trinajstić information content (AvgIpc) is 3.22. The second kappa shape index (κ2) is 8.76. The molecule has 0 radical (unpaired) electrons. The van der Waals surface area contributed by atoms with E-state index in [1.54, 1.807) is 12.1 Å². The maximum absolute atomic E-state index is 12.6. The van der Waals surface area contributed by atoms with E-state index in [2.05, 4.69) is 10.6 Å². The first-order chi connectivity index (χ1) is 13.8. The quantitative estimate of drug-likeness (QED) is 0.393.